The molecule has 1 aromatic carbocycles. The van der Waals surface area contributed by atoms with Crippen LogP contribution in [0.15, 0.2) is 30.5 Å². The molecule has 2 heterocycles. The number of hydrogen-bond donors (Lipinski definition) is 0. The van der Waals surface area contributed by atoms with Crippen molar-refractivity contribution in [3.63, 3.8) is 0 Å². The van der Waals surface area contributed by atoms with Gasteiger partial charge in [-0.05, 0) is 55.0 Å². The molecule has 4 heteroatoms. The molecular formula is C17H21FN2O. The average molecular weight is 288 g/mol. The number of hydrogen-bond acceptors (Lipinski definition) is 2. The van der Waals surface area contributed by atoms with E-state index >= 15 is 0 Å². The highest BCUT2D eigenvalue weighted by molar-refractivity contribution is 5.62. The van der Waals surface area contributed by atoms with Gasteiger partial charge in [0.05, 0.1) is 5.69 Å². The summed E-state index contributed by atoms with van der Waals surface area (Å²) in [5.74, 6) is 0.433. The first-order valence-electron chi connectivity index (χ1n) is 7.66. The number of ether oxygens (including phenoxy) is 1. The summed E-state index contributed by atoms with van der Waals surface area (Å²) >= 11 is 0. The fraction of sp³-hybridized carbons (Fsp3) is 0.471. The van der Waals surface area contributed by atoms with Gasteiger partial charge in [-0.2, -0.15) is 5.10 Å². The number of aromatic nitrogens is 2. The van der Waals surface area contributed by atoms with E-state index in [0.717, 1.165) is 50.3 Å². The summed E-state index contributed by atoms with van der Waals surface area (Å²) in [6.45, 7) is 4.79. The maximum atomic E-state index is 13.1. The van der Waals surface area contributed by atoms with Crippen LogP contribution in [-0.4, -0.2) is 23.0 Å². The molecule has 112 valence electrons. The number of nitrogens with zero attached hydrogens (tertiary/aromatic N) is 2. The Balaban J connectivity index is 1.82. The van der Waals surface area contributed by atoms with Crippen LogP contribution in [0.4, 0.5) is 4.39 Å². The third-order valence-corrected chi connectivity index (χ3v) is 4.12. The molecule has 0 atom stereocenters. The smallest absolute Gasteiger partial charge is 0.123 e. The van der Waals surface area contributed by atoms with Gasteiger partial charge in [0.15, 0.2) is 0 Å². The van der Waals surface area contributed by atoms with Crippen LogP contribution in [0.1, 0.15) is 25.3 Å². The Kier molecular flexibility index (Phi) is 4.34. The van der Waals surface area contributed by atoms with E-state index in [1.54, 1.807) is 12.1 Å². The molecule has 1 aromatic heterocycles. The predicted octanol–water partition coefficient (Wildman–Crippen LogP) is 3.68. The third kappa shape index (κ3) is 3.32. The first-order valence-corrected chi connectivity index (χ1v) is 7.66. The second kappa shape index (κ2) is 6.39. The van der Waals surface area contributed by atoms with E-state index in [2.05, 4.69) is 13.1 Å². The van der Waals surface area contributed by atoms with Crippen molar-refractivity contribution < 1.29 is 9.13 Å². The first-order chi connectivity index (χ1) is 10.3. The van der Waals surface area contributed by atoms with Gasteiger partial charge in [0, 0.05) is 31.5 Å². The second-order valence-electron chi connectivity index (χ2n) is 5.64. The lowest BCUT2D eigenvalue weighted by Gasteiger charge is -2.21. The van der Waals surface area contributed by atoms with E-state index in [0.29, 0.717) is 5.92 Å². The normalized spacial score (nSPS) is 16.3. The highest BCUT2D eigenvalue weighted by Crippen LogP contribution is 2.24. The summed E-state index contributed by atoms with van der Waals surface area (Å²) in [6, 6.07) is 6.59. The lowest BCUT2D eigenvalue weighted by atomic mass is 10.0. The maximum Gasteiger partial charge on any atom is 0.123 e. The zero-order valence-electron chi connectivity index (χ0n) is 12.4. The average Bonchev–Trinajstić information content (AvgIpc) is 2.92. The van der Waals surface area contributed by atoms with Gasteiger partial charge in [0.2, 0.25) is 0 Å². The molecule has 0 radical (unpaired) electrons. The molecule has 0 unspecified atom stereocenters. The molecule has 0 N–H and O–H groups in total. The SMILES string of the molecule is CCc1cn(CC2CCOCC2)nc1-c1ccc(F)cc1. The van der Waals surface area contributed by atoms with E-state index in [-0.39, 0.29) is 5.82 Å². The molecule has 0 spiro atoms. The monoisotopic (exact) mass is 288 g/mol. The first kappa shape index (κ1) is 14.3. The van der Waals surface area contributed by atoms with Gasteiger partial charge < -0.3 is 4.74 Å². The predicted molar refractivity (Wildman–Crippen MR) is 80.5 cm³/mol. The molecule has 1 fully saturated rings. The highest BCUT2D eigenvalue weighted by Gasteiger charge is 2.16. The molecule has 1 aliphatic heterocycles. The van der Waals surface area contributed by atoms with Crippen LogP contribution in [-0.2, 0) is 17.7 Å². The standard InChI is InChI=1S/C17H21FN2O/c1-2-14-12-20(11-13-7-9-21-10-8-13)19-17(14)15-3-5-16(18)6-4-15/h3-6,12-13H,2,7-11H2,1H3. The minimum absolute atomic E-state index is 0.210. The van der Waals surface area contributed by atoms with E-state index in [4.69, 9.17) is 9.84 Å². The quantitative estimate of drug-likeness (QED) is 0.858. The molecule has 0 saturated carbocycles. The zero-order chi connectivity index (χ0) is 14.7. The number of benzene rings is 1. The fourth-order valence-electron chi connectivity index (χ4n) is 2.86. The van der Waals surface area contributed by atoms with Crippen molar-refractivity contribution in [2.24, 2.45) is 5.92 Å². The summed E-state index contributed by atoms with van der Waals surface area (Å²) in [6.07, 6.45) is 5.27. The van der Waals surface area contributed by atoms with Crippen LogP contribution in [0.5, 0.6) is 0 Å². The molecule has 3 rings (SSSR count). The van der Waals surface area contributed by atoms with Gasteiger partial charge in [-0.1, -0.05) is 6.92 Å². The summed E-state index contributed by atoms with van der Waals surface area (Å²) in [4.78, 5) is 0. The van der Waals surface area contributed by atoms with E-state index in [1.165, 1.54) is 17.7 Å². The van der Waals surface area contributed by atoms with Crippen molar-refractivity contribution >= 4 is 0 Å². The Bertz CT molecular complexity index is 585. The maximum absolute atomic E-state index is 13.1. The molecule has 0 amide bonds. The van der Waals surface area contributed by atoms with Gasteiger partial charge in [0.1, 0.15) is 5.82 Å². The highest BCUT2D eigenvalue weighted by atomic mass is 19.1. The van der Waals surface area contributed by atoms with Crippen molar-refractivity contribution in [1.29, 1.82) is 0 Å². The Morgan fingerprint density at radius 3 is 2.62 bits per heavy atom. The van der Waals surface area contributed by atoms with Crippen LogP contribution in [0.2, 0.25) is 0 Å². The Labute approximate surface area is 124 Å². The van der Waals surface area contributed by atoms with Crippen LogP contribution in [0, 0.1) is 11.7 Å². The molecule has 1 aliphatic rings. The Morgan fingerprint density at radius 1 is 1.24 bits per heavy atom. The number of aryl methyl sites for hydroxylation is 1. The van der Waals surface area contributed by atoms with Crippen molar-refractivity contribution in [3.05, 3.63) is 41.8 Å². The molecule has 2 aromatic rings. The molecule has 0 bridgehead atoms. The Morgan fingerprint density at radius 2 is 1.95 bits per heavy atom. The lowest BCUT2D eigenvalue weighted by molar-refractivity contribution is 0.0602. The van der Waals surface area contributed by atoms with E-state index in [9.17, 15) is 4.39 Å². The molecular weight excluding hydrogens is 267 g/mol. The largest absolute Gasteiger partial charge is 0.381 e. The summed E-state index contributed by atoms with van der Waals surface area (Å²) in [7, 11) is 0. The fourth-order valence-corrected chi connectivity index (χ4v) is 2.86. The van der Waals surface area contributed by atoms with Crippen LogP contribution in [0.3, 0.4) is 0 Å². The van der Waals surface area contributed by atoms with Gasteiger partial charge in [-0.25, -0.2) is 4.39 Å². The van der Waals surface area contributed by atoms with E-state index < -0.39 is 0 Å². The topological polar surface area (TPSA) is 27.1 Å². The van der Waals surface area contributed by atoms with Gasteiger partial charge in [0.25, 0.3) is 0 Å². The van der Waals surface area contributed by atoms with Crippen LogP contribution < -0.4 is 0 Å². The van der Waals surface area contributed by atoms with Crippen LogP contribution >= 0.6 is 0 Å². The summed E-state index contributed by atoms with van der Waals surface area (Å²) in [5, 5.41) is 4.73. The minimum atomic E-state index is -0.210. The molecule has 21 heavy (non-hydrogen) atoms. The summed E-state index contributed by atoms with van der Waals surface area (Å²) in [5.41, 5.74) is 3.18. The lowest BCUT2D eigenvalue weighted by Crippen LogP contribution is -2.20. The molecule has 0 aliphatic carbocycles. The third-order valence-electron chi connectivity index (χ3n) is 4.12. The van der Waals surface area contributed by atoms with Crippen molar-refractivity contribution in [3.8, 4) is 11.3 Å². The van der Waals surface area contributed by atoms with Crippen molar-refractivity contribution in [1.82, 2.24) is 9.78 Å². The van der Waals surface area contributed by atoms with Crippen LogP contribution in [0.25, 0.3) is 11.3 Å². The van der Waals surface area contributed by atoms with Gasteiger partial charge in [-0.15, -0.1) is 0 Å². The molecule has 1 saturated heterocycles. The minimum Gasteiger partial charge on any atom is -0.381 e. The van der Waals surface area contributed by atoms with E-state index in [1.807, 2.05) is 4.68 Å². The number of rotatable bonds is 4. The van der Waals surface area contributed by atoms with Crippen molar-refractivity contribution in [2.45, 2.75) is 32.7 Å². The number of halogens is 1. The van der Waals surface area contributed by atoms with Crippen molar-refractivity contribution in [2.75, 3.05) is 13.2 Å². The summed E-state index contributed by atoms with van der Waals surface area (Å²) < 4.78 is 20.5. The van der Waals surface area contributed by atoms with Gasteiger partial charge in [-0.3, -0.25) is 4.68 Å². The second-order valence-corrected chi connectivity index (χ2v) is 5.64. The molecule has 3 nitrogen and oxygen atoms in total. The van der Waals surface area contributed by atoms with Gasteiger partial charge >= 0.3 is 0 Å². The zero-order valence-corrected chi connectivity index (χ0v) is 12.4. The Hall–Kier alpha value is -1.68.